The largest absolute Gasteiger partial charge is 0.464 e. The lowest BCUT2D eigenvalue weighted by Gasteiger charge is -2.28. The number of nitrogens with two attached hydrogens (primary N) is 1. The number of nitrogens with zero attached hydrogens (tertiary/aromatic N) is 4. The molecule has 1 aromatic carbocycles. The monoisotopic (exact) mass is 604 g/mol. The van der Waals surface area contributed by atoms with Gasteiger partial charge in [-0.05, 0) is 37.1 Å². The normalized spacial score (nSPS) is 24.3. The maximum atomic E-state index is 15.5. The third-order valence-corrected chi connectivity index (χ3v) is 8.76. The second kappa shape index (κ2) is 13.1. The number of nitrogen functional groups attached to an aromatic ring is 1. The van der Waals surface area contributed by atoms with Crippen molar-refractivity contribution in [3.63, 3.8) is 0 Å². The van der Waals surface area contributed by atoms with Gasteiger partial charge in [-0.15, -0.1) is 0 Å². The minimum absolute atomic E-state index is 0.128. The summed E-state index contributed by atoms with van der Waals surface area (Å²) < 4.78 is 53.1. The van der Waals surface area contributed by atoms with Crippen molar-refractivity contribution >= 4 is 25.1 Å². The van der Waals surface area contributed by atoms with Crippen LogP contribution < -0.4 is 15.3 Å². The molecule has 2 aromatic heterocycles. The van der Waals surface area contributed by atoms with Crippen LogP contribution in [0.4, 0.5) is 10.2 Å². The number of rotatable bonds is 13. The molecule has 1 aliphatic rings. The summed E-state index contributed by atoms with van der Waals surface area (Å²) in [6, 6.07) is 11.6. The molecule has 3 heterocycles. The summed E-state index contributed by atoms with van der Waals surface area (Å²) in [6.45, 7) is 4.69. The fraction of sp³-hybridized carbons (Fsp3) is 0.481. The van der Waals surface area contributed by atoms with Crippen LogP contribution in [-0.2, 0) is 23.4 Å². The van der Waals surface area contributed by atoms with Gasteiger partial charge in [0.25, 0.3) is 0 Å². The van der Waals surface area contributed by atoms with Crippen LogP contribution in [0.3, 0.4) is 0 Å². The first-order valence-corrected chi connectivity index (χ1v) is 15.0. The molecule has 0 spiro atoms. The number of fused-ring (bicyclic) bond motifs is 1. The number of nitrogens with one attached hydrogen (secondary N) is 1. The van der Waals surface area contributed by atoms with Crippen molar-refractivity contribution in [3.8, 4) is 11.8 Å². The van der Waals surface area contributed by atoms with Crippen LogP contribution >= 0.6 is 7.75 Å². The number of esters is 1. The fourth-order valence-corrected chi connectivity index (χ4v) is 5.99. The summed E-state index contributed by atoms with van der Waals surface area (Å²) in [5.41, 5.74) is 4.10. The number of aliphatic hydroxyl groups is 1. The first-order chi connectivity index (χ1) is 20.1. The molecule has 0 bridgehead atoms. The molecular formula is C27H34FN6O7P. The van der Waals surface area contributed by atoms with Gasteiger partial charge in [0.15, 0.2) is 12.0 Å². The Morgan fingerprint density at radius 3 is 2.69 bits per heavy atom. The average molecular weight is 605 g/mol. The second-order valence-corrected chi connectivity index (χ2v) is 11.7. The molecular weight excluding hydrogens is 570 g/mol. The number of halogens is 1. The van der Waals surface area contributed by atoms with Gasteiger partial charge in [0, 0.05) is 0 Å². The highest BCUT2D eigenvalue weighted by Gasteiger charge is 2.58. The maximum absolute atomic E-state index is 15.5. The predicted octanol–water partition coefficient (Wildman–Crippen LogP) is 3.51. The Hall–Kier alpha value is -3.60. The molecule has 0 saturated carbocycles. The molecule has 1 saturated heterocycles. The third-order valence-electron chi connectivity index (χ3n) is 7.14. The Morgan fingerprint density at radius 1 is 1.31 bits per heavy atom. The topological polar surface area (TPSA) is 183 Å². The molecule has 0 amide bonds. The predicted molar refractivity (Wildman–Crippen MR) is 149 cm³/mol. The van der Waals surface area contributed by atoms with Crippen molar-refractivity contribution in [3.05, 3.63) is 54.5 Å². The standard InChI is InChI=1S/C27H34FN6O7P/c1-4-18(5-2)13-38-26(36)17(3)33-42(37,41-19-9-7-6-8-10-19)39-15-27(14-29)24(35)22(28)23(40-27)20-11-12-21-25(30)31-16-32-34(20)21/h6-12,16-18,22-24,35H,4-5,13,15H2,1-3H3,(H,33,37)(H2,30,31,32)/t17-,22?,23-,24?,27+,42?/m0/s1. The Morgan fingerprint density at radius 2 is 2.02 bits per heavy atom. The van der Waals surface area contributed by atoms with Crippen molar-refractivity contribution < 1.29 is 37.4 Å². The van der Waals surface area contributed by atoms with Crippen molar-refractivity contribution in [2.45, 2.75) is 63.6 Å². The van der Waals surface area contributed by atoms with Crippen LogP contribution in [0, 0.1) is 17.2 Å². The van der Waals surface area contributed by atoms with E-state index in [2.05, 4.69) is 15.2 Å². The van der Waals surface area contributed by atoms with Crippen molar-refractivity contribution in [1.29, 1.82) is 5.26 Å². The Kier molecular flexibility index (Phi) is 9.81. The van der Waals surface area contributed by atoms with E-state index in [0.717, 1.165) is 12.8 Å². The number of hydrogen-bond acceptors (Lipinski definition) is 11. The number of nitriles is 1. The van der Waals surface area contributed by atoms with Crippen LogP contribution in [0.1, 0.15) is 45.4 Å². The number of aliphatic hydroxyl groups excluding tert-OH is 1. The first kappa shape index (κ1) is 31.3. The van der Waals surface area contributed by atoms with Gasteiger partial charge >= 0.3 is 13.7 Å². The molecule has 3 aromatic rings. The van der Waals surface area contributed by atoms with E-state index in [4.69, 9.17) is 24.3 Å². The van der Waals surface area contributed by atoms with Crippen LogP contribution in [0.25, 0.3) is 5.52 Å². The average Bonchev–Trinajstić information content (AvgIpc) is 3.52. The summed E-state index contributed by atoms with van der Waals surface area (Å²) >= 11 is 0. The quantitative estimate of drug-likeness (QED) is 0.191. The van der Waals surface area contributed by atoms with Gasteiger partial charge < -0.3 is 24.8 Å². The van der Waals surface area contributed by atoms with Gasteiger partial charge in [-0.3, -0.25) is 9.32 Å². The minimum atomic E-state index is -4.45. The molecule has 15 heteroatoms. The lowest BCUT2D eigenvalue weighted by molar-refractivity contribution is -0.146. The third kappa shape index (κ3) is 6.56. The number of alkyl halides is 1. The molecule has 0 aliphatic carbocycles. The molecule has 1 fully saturated rings. The van der Waals surface area contributed by atoms with Crippen LogP contribution in [0.15, 0.2) is 48.8 Å². The van der Waals surface area contributed by atoms with Crippen molar-refractivity contribution in [2.75, 3.05) is 18.9 Å². The molecule has 6 atom stereocenters. The zero-order chi connectivity index (χ0) is 30.5. The van der Waals surface area contributed by atoms with Crippen LogP contribution in [0.2, 0.25) is 0 Å². The lowest BCUT2D eigenvalue weighted by atomic mass is 9.97. The Bertz CT molecular complexity index is 1470. The fourth-order valence-electron chi connectivity index (χ4n) is 4.47. The first-order valence-electron chi connectivity index (χ1n) is 13.5. The number of para-hydroxylation sites is 1. The zero-order valence-electron chi connectivity index (χ0n) is 23.4. The van der Waals surface area contributed by atoms with Crippen molar-refractivity contribution in [2.24, 2.45) is 5.92 Å². The van der Waals surface area contributed by atoms with Gasteiger partial charge in [-0.2, -0.15) is 15.4 Å². The second-order valence-electron chi connectivity index (χ2n) is 9.97. The lowest BCUT2D eigenvalue weighted by Crippen LogP contribution is -2.45. The molecule has 4 N–H and O–H groups in total. The van der Waals surface area contributed by atoms with Crippen LogP contribution in [-0.4, -0.2) is 62.8 Å². The Labute approximate surface area is 242 Å². The maximum Gasteiger partial charge on any atom is 0.459 e. The number of hydrogen-bond donors (Lipinski definition) is 3. The minimum Gasteiger partial charge on any atom is -0.464 e. The highest BCUT2D eigenvalue weighted by atomic mass is 31.2. The van der Waals surface area contributed by atoms with E-state index in [1.807, 2.05) is 13.8 Å². The van der Waals surface area contributed by atoms with Gasteiger partial charge in [-0.25, -0.2) is 18.5 Å². The van der Waals surface area contributed by atoms with E-state index in [-0.39, 0.29) is 29.8 Å². The number of aromatic nitrogens is 3. The number of anilines is 1. The summed E-state index contributed by atoms with van der Waals surface area (Å²) in [4.78, 5) is 16.6. The van der Waals surface area contributed by atoms with E-state index >= 15 is 4.39 Å². The number of carbonyl (C=O) groups is 1. The highest BCUT2D eigenvalue weighted by molar-refractivity contribution is 7.52. The van der Waals surface area contributed by atoms with E-state index in [9.17, 15) is 19.7 Å². The van der Waals surface area contributed by atoms with E-state index in [1.54, 1.807) is 30.3 Å². The summed E-state index contributed by atoms with van der Waals surface area (Å²) in [5.74, 6) is -0.260. The molecule has 4 rings (SSSR count). The van der Waals surface area contributed by atoms with E-state index in [0.29, 0.717) is 5.52 Å². The number of carbonyl (C=O) groups excluding carboxylic acids is 1. The van der Waals surface area contributed by atoms with E-state index in [1.165, 1.54) is 36.0 Å². The van der Waals surface area contributed by atoms with Gasteiger partial charge in [0.2, 0.25) is 5.60 Å². The molecule has 3 unspecified atom stereocenters. The SMILES string of the molecule is CCC(CC)COC(=O)[C@H](C)NP(=O)(OC[C@@]1(C#N)O[C@@H](c2ccc3c(N)ncnn23)C(F)C1O)Oc1ccccc1. The van der Waals surface area contributed by atoms with Crippen molar-refractivity contribution in [1.82, 2.24) is 19.7 Å². The number of benzene rings is 1. The Balaban J connectivity index is 1.55. The molecule has 226 valence electrons. The summed E-state index contributed by atoms with van der Waals surface area (Å²) in [7, 11) is -4.45. The smallest absolute Gasteiger partial charge is 0.459 e. The van der Waals surface area contributed by atoms with Gasteiger partial charge in [0.05, 0.1) is 12.3 Å². The molecule has 42 heavy (non-hydrogen) atoms. The zero-order valence-corrected chi connectivity index (χ0v) is 24.3. The van der Waals surface area contributed by atoms with Crippen LogP contribution in [0.5, 0.6) is 5.75 Å². The summed E-state index contributed by atoms with van der Waals surface area (Å²) in [6.07, 6.45) is -2.75. The van der Waals surface area contributed by atoms with Gasteiger partial charge in [0.1, 0.15) is 48.5 Å². The molecule has 1 aliphatic heterocycles. The van der Waals surface area contributed by atoms with E-state index < -0.39 is 50.3 Å². The number of ether oxygens (including phenoxy) is 2. The summed E-state index contributed by atoms with van der Waals surface area (Å²) in [5, 5.41) is 27.5. The van der Waals surface area contributed by atoms with Gasteiger partial charge in [-0.1, -0.05) is 44.9 Å². The highest BCUT2D eigenvalue weighted by Crippen LogP contribution is 2.49. The molecule has 13 nitrogen and oxygen atoms in total. The molecule has 0 radical (unpaired) electrons.